The lowest BCUT2D eigenvalue weighted by molar-refractivity contribution is -0.121. The van der Waals surface area contributed by atoms with Crippen LogP contribution in [0, 0.1) is 59.2 Å². The van der Waals surface area contributed by atoms with E-state index in [1.807, 2.05) is 7.05 Å². The number of Topliss-reactive ketones (excluding diaryl/α,β-unsaturated/α-hetero) is 1. The number of ketones is 1. The van der Waals surface area contributed by atoms with Gasteiger partial charge in [0.1, 0.15) is 5.78 Å². The second-order valence-corrected chi connectivity index (χ2v) is 6.53. The van der Waals surface area contributed by atoms with E-state index in [2.05, 4.69) is 58.0 Å². The van der Waals surface area contributed by atoms with Crippen LogP contribution < -0.4 is 10.6 Å². The first-order valence-corrected chi connectivity index (χ1v) is 9.78. The largest absolute Gasteiger partial charge is 0.356 e. The smallest absolute Gasteiger partial charge is 0.221 e. The Morgan fingerprint density at radius 1 is 1.21 bits per heavy atom. The predicted octanol–water partition coefficient (Wildman–Crippen LogP) is 2.54. The van der Waals surface area contributed by atoms with Crippen LogP contribution in [0.25, 0.3) is 0 Å². The molecule has 1 aliphatic rings. The molecule has 1 saturated heterocycles. The lowest BCUT2D eigenvalue weighted by Crippen LogP contribution is -2.22. The third-order valence-electron chi connectivity index (χ3n) is 3.92. The summed E-state index contributed by atoms with van der Waals surface area (Å²) in [6.45, 7) is 6.88. The number of carbonyl (C=O) groups is 2. The van der Waals surface area contributed by atoms with Gasteiger partial charge in [-0.05, 0) is 83.7 Å². The van der Waals surface area contributed by atoms with E-state index in [-0.39, 0.29) is 23.5 Å². The van der Waals surface area contributed by atoms with Gasteiger partial charge in [-0.15, -0.1) is 0 Å². The monoisotopic (exact) mass is 380 g/mol. The normalized spacial score (nSPS) is 15.6. The molecule has 2 N–H and O–H groups in total. The molecular weight excluding hydrogens is 348 g/mol. The van der Waals surface area contributed by atoms with Crippen molar-refractivity contribution in [1.29, 1.82) is 0 Å². The summed E-state index contributed by atoms with van der Waals surface area (Å²) in [6, 6.07) is 0. The highest BCUT2D eigenvalue weighted by molar-refractivity contribution is 5.77. The van der Waals surface area contributed by atoms with E-state index >= 15 is 0 Å². The quantitative estimate of drug-likeness (QED) is 0.550. The second-order valence-electron chi connectivity index (χ2n) is 6.53. The molecule has 4 nitrogen and oxygen atoms in total. The van der Waals surface area contributed by atoms with Gasteiger partial charge in [0.05, 0.1) is 0 Å². The molecule has 0 spiro atoms. The van der Waals surface area contributed by atoms with Crippen LogP contribution in [0.2, 0.25) is 0 Å². The molecule has 1 amide bonds. The van der Waals surface area contributed by atoms with E-state index in [0.717, 1.165) is 38.8 Å². The molecular formula is C24H32N2O2. The Bertz CT molecular complexity index is 724. The van der Waals surface area contributed by atoms with Crippen molar-refractivity contribution in [3.63, 3.8) is 0 Å². The minimum Gasteiger partial charge on any atom is -0.356 e. The van der Waals surface area contributed by atoms with Crippen molar-refractivity contribution in [3.05, 3.63) is 0 Å². The van der Waals surface area contributed by atoms with Crippen molar-refractivity contribution in [1.82, 2.24) is 10.6 Å². The zero-order valence-electron chi connectivity index (χ0n) is 17.6. The molecule has 1 aliphatic heterocycles. The van der Waals surface area contributed by atoms with Crippen molar-refractivity contribution in [2.24, 2.45) is 11.8 Å². The van der Waals surface area contributed by atoms with Gasteiger partial charge >= 0.3 is 0 Å². The molecule has 0 aromatic carbocycles. The van der Waals surface area contributed by atoms with Crippen LogP contribution in [0.4, 0.5) is 0 Å². The molecule has 0 bridgehead atoms. The molecule has 1 fully saturated rings. The van der Waals surface area contributed by atoms with Gasteiger partial charge in [-0.1, -0.05) is 23.7 Å². The highest BCUT2D eigenvalue weighted by Gasteiger charge is 2.14. The Morgan fingerprint density at radius 2 is 1.93 bits per heavy atom. The minimum atomic E-state index is 0.112. The third-order valence-corrected chi connectivity index (χ3v) is 3.92. The summed E-state index contributed by atoms with van der Waals surface area (Å²) in [5.74, 6) is 23.1. The highest BCUT2D eigenvalue weighted by Crippen LogP contribution is 2.12. The van der Waals surface area contributed by atoms with Crippen LogP contribution in [0.15, 0.2) is 0 Å². The maximum Gasteiger partial charge on any atom is 0.221 e. The third kappa shape index (κ3) is 15.6. The standard InChI is InChI=1S/C13H19NO.C11H13NO/c1-4-5-6-8-13(11-12(2)15)9-7-10-14-3;1-2-3-4-6-10-7-5-8-12-11(13)9-10/h13-14H,7,9-11H2,1-3H3;10H,5,7-9H2,1H3,(H,12,13)/t13-;10-/m00/s1. The molecule has 0 radical (unpaired) electrons. The van der Waals surface area contributed by atoms with Gasteiger partial charge in [0.25, 0.3) is 0 Å². The maximum absolute atomic E-state index is 11.1. The van der Waals surface area contributed by atoms with E-state index in [9.17, 15) is 9.59 Å². The maximum atomic E-state index is 11.1. The van der Waals surface area contributed by atoms with Gasteiger partial charge in [0.15, 0.2) is 0 Å². The molecule has 28 heavy (non-hydrogen) atoms. The highest BCUT2D eigenvalue weighted by atomic mass is 16.1. The first-order valence-electron chi connectivity index (χ1n) is 9.78. The molecule has 0 aromatic heterocycles. The van der Waals surface area contributed by atoms with Crippen LogP contribution in [-0.2, 0) is 9.59 Å². The second kappa shape index (κ2) is 17.7. The van der Waals surface area contributed by atoms with Crippen molar-refractivity contribution < 1.29 is 9.59 Å². The van der Waals surface area contributed by atoms with Crippen molar-refractivity contribution in [3.8, 4) is 47.4 Å². The Morgan fingerprint density at radius 3 is 2.57 bits per heavy atom. The van der Waals surface area contributed by atoms with Gasteiger partial charge in [0.2, 0.25) is 5.91 Å². The lowest BCUT2D eigenvalue weighted by Gasteiger charge is -2.07. The number of hydrogen-bond acceptors (Lipinski definition) is 3. The van der Waals surface area contributed by atoms with Gasteiger partial charge in [-0.25, -0.2) is 0 Å². The van der Waals surface area contributed by atoms with Crippen LogP contribution in [-0.4, -0.2) is 31.8 Å². The minimum absolute atomic E-state index is 0.112. The SMILES string of the molecule is CC#CC#C[C@@H](CCCNC)CC(C)=O.CC#CC#C[C@H]1CCCNC(=O)C1. The van der Waals surface area contributed by atoms with E-state index in [1.165, 1.54) is 0 Å². The van der Waals surface area contributed by atoms with Crippen LogP contribution in [0.1, 0.15) is 59.3 Å². The number of carbonyl (C=O) groups excluding carboxylic acids is 2. The summed E-state index contributed by atoms with van der Waals surface area (Å²) in [5.41, 5.74) is 0. The topological polar surface area (TPSA) is 58.2 Å². The molecule has 1 heterocycles. The molecule has 0 aliphatic carbocycles. The zero-order chi connectivity index (χ0) is 21.0. The fraction of sp³-hybridized carbons (Fsp3) is 0.583. The summed E-state index contributed by atoms with van der Waals surface area (Å²) >= 11 is 0. The zero-order valence-corrected chi connectivity index (χ0v) is 17.6. The van der Waals surface area contributed by atoms with Gasteiger partial charge < -0.3 is 10.6 Å². The molecule has 2 atom stereocenters. The fourth-order valence-electron chi connectivity index (χ4n) is 2.60. The lowest BCUT2D eigenvalue weighted by atomic mass is 9.98. The van der Waals surface area contributed by atoms with Crippen molar-refractivity contribution in [2.75, 3.05) is 20.1 Å². The number of rotatable bonds is 6. The summed E-state index contributed by atoms with van der Waals surface area (Å²) in [7, 11) is 1.92. The first kappa shape index (κ1) is 25.3. The molecule has 0 unspecified atom stereocenters. The summed E-state index contributed by atoms with van der Waals surface area (Å²) in [4.78, 5) is 22.1. The molecule has 4 heteroatoms. The van der Waals surface area contributed by atoms with E-state index in [0.29, 0.717) is 12.8 Å². The summed E-state index contributed by atoms with van der Waals surface area (Å²) in [5, 5.41) is 5.90. The summed E-state index contributed by atoms with van der Waals surface area (Å²) in [6.07, 6.45) is 5.09. The van der Waals surface area contributed by atoms with Crippen molar-refractivity contribution in [2.45, 2.75) is 59.3 Å². The number of nitrogens with one attached hydrogen (secondary N) is 2. The first-order chi connectivity index (χ1) is 13.5. The Balaban J connectivity index is 0.000000525. The van der Waals surface area contributed by atoms with Crippen LogP contribution in [0.3, 0.4) is 0 Å². The molecule has 150 valence electrons. The Labute approximate surface area is 171 Å². The predicted molar refractivity (Wildman–Crippen MR) is 115 cm³/mol. The average Bonchev–Trinajstić information content (AvgIpc) is 2.86. The Hall–Kier alpha value is -2.66. The number of hydrogen-bond donors (Lipinski definition) is 2. The van der Waals surface area contributed by atoms with Crippen LogP contribution in [0.5, 0.6) is 0 Å². The number of amides is 1. The van der Waals surface area contributed by atoms with E-state index in [4.69, 9.17) is 0 Å². The van der Waals surface area contributed by atoms with E-state index < -0.39 is 0 Å². The summed E-state index contributed by atoms with van der Waals surface area (Å²) < 4.78 is 0. The average molecular weight is 381 g/mol. The van der Waals surface area contributed by atoms with Gasteiger partial charge in [-0.3, -0.25) is 9.59 Å². The van der Waals surface area contributed by atoms with Crippen LogP contribution >= 0.6 is 0 Å². The van der Waals surface area contributed by atoms with Gasteiger partial charge in [0, 0.05) is 31.2 Å². The van der Waals surface area contributed by atoms with Gasteiger partial charge in [-0.2, -0.15) is 0 Å². The molecule has 0 aromatic rings. The molecule has 0 saturated carbocycles. The molecule has 1 rings (SSSR count). The van der Waals surface area contributed by atoms with Crippen molar-refractivity contribution >= 4 is 11.7 Å². The van der Waals surface area contributed by atoms with E-state index in [1.54, 1.807) is 20.8 Å². The Kier molecular flexibility index (Phi) is 16.1. The fourth-order valence-corrected chi connectivity index (χ4v) is 2.60.